The second-order valence-corrected chi connectivity index (χ2v) is 8.60. The third-order valence-electron chi connectivity index (χ3n) is 6.79. The number of nitrogens with one attached hydrogen (secondary N) is 1. The van der Waals surface area contributed by atoms with Crippen LogP contribution in [-0.2, 0) is 4.79 Å². The lowest BCUT2D eigenvalue weighted by molar-refractivity contribution is -0.139. The Hall–Kier alpha value is -2.66. The number of carbonyl (C=O) groups is 2. The van der Waals surface area contributed by atoms with E-state index in [1.54, 1.807) is 0 Å². The number of anilines is 2. The van der Waals surface area contributed by atoms with E-state index in [1.807, 2.05) is 9.80 Å². The van der Waals surface area contributed by atoms with Gasteiger partial charge in [0.05, 0.1) is 11.4 Å². The second kappa shape index (κ2) is 6.70. The lowest BCUT2D eigenvalue weighted by Gasteiger charge is -2.36. The lowest BCUT2D eigenvalue weighted by atomic mass is 9.88. The number of nitriles is 1. The fourth-order valence-electron chi connectivity index (χ4n) is 5.23. The number of aliphatic carboxylic acids is 1. The number of fused-ring (bicyclic) bond motifs is 2. The van der Waals surface area contributed by atoms with Crippen molar-refractivity contribution in [3.05, 3.63) is 23.0 Å². The molecule has 1 aromatic carbocycles. The topological polar surface area (TPSA) is 96.7 Å². The van der Waals surface area contributed by atoms with Gasteiger partial charge in [-0.25, -0.2) is 4.39 Å². The van der Waals surface area contributed by atoms with Gasteiger partial charge in [-0.3, -0.25) is 9.59 Å². The maximum atomic E-state index is 15.3. The smallest absolute Gasteiger partial charge is 0.316 e. The first-order valence-electron chi connectivity index (χ1n) is 10.3. The van der Waals surface area contributed by atoms with Crippen molar-refractivity contribution in [2.24, 2.45) is 11.8 Å². The van der Waals surface area contributed by atoms with Crippen LogP contribution in [0.25, 0.3) is 0 Å². The maximum absolute atomic E-state index is 15.3. The Morgan fingerprint density at radius 1 is 1.24 bits per heavy atom. The number of hydrogen-bond donors (Lipinski definition) is 2. The Morgan fingerprint density at radius 2 is 2.03 bits per heavy atom. The van der Waals surface area contributed by atoms with Gasteiger partial charge in [0.1, 0.15) is 23.4 Å². The molecule has 4 aliphatic rings. The summed E-state index contributed by atoms with van der Waals surface area (Å²) in [5, 5.41) is 22.9. The van der Waals surface area contributed by atoms with Crippen LogP contribution in [0.1, 0.15) is 41.6 Å². The van der Waals surface area contributed by atoms with Gasteiger partial charge >= 0.3 is 5.97 Å². The van der Waals surface area contributed by atoms with Crippen LogP contribution in [0.5, 0.6) is 0 Å². The van der Waals surface area contributed by atoms with Crippen molar-refractivity contribution in [2.45, 2.75) is 37.8 Å². The molecule has 3 fully saturated rings. The van der Waals surface area contributed by atoms with Gasteiger partial charge in [-0.2, -0.15) is 5.26 Å². The first-order valence-corrected chi connectivity index (χ1v) is 10.3. The number of piperidine rings is 1. The van der Waals surface area contributed by atoms with Crippen LogP contribution >= 0.6 is 0 Å². The van der Waals surface area contributed by atoms with E-state index >= 15 is 4.39 Å². The summed E-state index contributed by atoms with van der Waals surface area (Å²) in [4.78, 5) is 28.2. The van der Waals surface area contributed by atoms with Gasteiger partial charge in [0.25, 0.3) is 0 Å². The Balaban J connectivity index is 1.62. The fraction of sp³-hybridized carbons (Fsp3) is 0.571. The van der Waals surface area contributed by atoms with Crippen molar-refractivity contribution in [3.8, 4) is 6.07 Å². The molecule has 0 aromatic heterocycles. The molecule has 7 nitrogen and oxygen atoms in total. The molecular formula is C21H23FN4O3. The van der Waals surface area contributed by atoms with Gasteiger partial charge in [-0.1, -0.05) is 0 Å². The molecule has 3 aliphatic heterocycles. The van der Waals surface area contributed by atoms with Gasteiger partial charge < -0.3 is 20.2 Å². The number of halogens is 1. The molecule has 0 amide bonds. The summed E-state index contributed by atoms with van der Waals surface area (Å²) in [6, 6.07) is 3.71. The molecule has 1 saturated carbocycles. The molecule has 8 heteroatoms. The first kappa shape index (κ1) is 18.4. The van der Waals surface area contributed by atoms with Crippen LogP contribution in [0.3, 0.4) is 0 Å². The number of benzene rings is 1. The Labute approximate surface area is 168 Å². The molecule has 0 bridgehead atoms. The molecule has 3 atom stereocenters. The molecule has 0 radical (unpaired) electrons. The number of ketones is 1. The van der Waals surface area contributed by atoms with Crippen LogP contribution in [-0.4, -0.2) is 55.1 Å². The van der Waals surface area contributed by atoms with Gasteiger partial charge in [-0.15, -0.1) is 0 Å². The monoisotopic (exact) mass is 398 g/mol. The molecule has 1 aliphatic carbocycles. The SMILES string of the molecule is N#Cc1c(N2C[C@@H]3CCCN[C@@H]3C2)c(F)cc2c1N(C1CC1)CC(C(=O)O)C2=O. The average Bonchev–Trinajstić information content (AvgIpc) is 3.45. The van der Waals surface area contributed by atoms with Crippen LogP contribution in [0.4, 0.5) is 15.8 Å². The third-order valence-corrected chi connectivity index (χ3v) is 6.79. The van der Waals surface area contributed by atoms with Crippen molar-refractivity contribution in [2.75, 3.05) is 36.0 Å². The molecule has 3 heterocycles. The van der Waals surface area contributed by atoms with E-state index in [2.05, 4.69) is 11.4 Å². The van der Waals surface area contributed by atoms with E-state index in [-0.39, 0.29) is 35.4 Å². The minimum Gasteiger partial charge on any atom is -0.481 e. The maximum Gasteiger partial charge on any atom is 0.316 e. The number of carboxylic acids is 1. The molecular weight excluding hydrogens is 375 g/mol. The van der Waals surface area contributed by atoms with Crippen LogP contribution in [0, 0.1) is 29.0 Å². The summed E-state index contributed by atoms with van der Waals surface area (Å²) in [5.74, 6) is -3.23. The van der Waals surface area contributed by atoms with Crippen molar-refractivity contribution >= 4 is 23.1 Å². The van der Waals surface area contributed by atoms with Crippen molar-refractivity contribution in [1.82, 2.24) is 5.32 Å². The first-order chi connectivity index (χ1) is 14.0. The van der Waals surface area contributed by atoms with Crippen molar-refractivity contribution < 1.29 is 19.1 Å². The Bertz CT molecular complexity index is 925. The average molecular weight is 398 g/mol. The van der Waals surface area contributed by atoms with E-state index < -0.39 is 23.5 Å². The Morgan fingerprint density at radius 3 is 2.69 bits per heavy atom. The number of rotatable bonds is 3. The van der Waals surface area contributed by atoms with E-state index in [1.165, 1.54) is 0 Å². The highest BCUT2D eigenvalue weighted by atomic mass is 19.1. The molecule has 2 N–H and O–H groups in total. The van der Waals surface area contributed by atoms with Crippen LogP contribution in [0.2, 0.25) is 0 Å². The molecule has 5 rings (SSSR count). The minimum atomic E-state index is -1.22. The predicted octanol–water partition coefficient (Wildman–Crippen LogP) is 1.75. The van der Waals surface area contributed by atoms with Crippen LogP contribution in [0.15, 0.2) is 6.07 Å². The van der Waals surface area contributed by atoms with Crippen molar-refractivity contribution in [1.29, 1.82) is 5.26 Å². The second-order valence-electron chi connectivity index (χ2n) is 8.60. The van der Waals surface area contributed by atoms with Gasteiger partial charge in [-0.05, 0) is 44.2 Å². The van der Waals surface area contributed by atoms with Crippen LogP contribution < -0.4 is 15.1 Å². The largest absolute Gasteiger partial charge is 0.481 e. The van der Waals surface area contributed by atoms with Gasteiger partial charge in [0.15, 0.2) is 5.78 Å². The van der Waals surface area contributed by atoms with Crippen molar-refractivity contribution in [3.63, 3.8) is 0 Å². The van der Waals surface area contributed by atoms with Gasteiger partial charge in [0, 0.05) is 37.3 Å². The number of Topliss-reactive ketones (excluding diaryl/α,β-unsaturated/α-hetero) is 1. The summed E-state index contributed by atoms with van der Waals surface area (Å²) in [6.07, 6.45) is 3.94. The fourth-order valence-corrected chi connectivity index (χ4v) is 5.23. The summed E-state index contributed by atoms with van der Waals surface area (Å²) >= 11 is 0. The molecule has 2 saturated heterocycles. The quantitative estimate of drug-likeness (QED) is 0.749. The molecule has 1 aromatic rings. The highest BCUT2D eigenvalue weighted by Gasteiger charge is 2.45. The predicted molar refractivity (Wildman–Crippen MR) is 104 cm³/mol. The number of hydrogen-bond acceptors (Lipinski definition) is 6. The van der Waals surface area contributed by atoms with E-state index in [0.29, 0.717) is 24.7 Å². The number of carbonyl (C=O) groups excluding carboxylic acids is 1. The van der Waals surface area contributed by atoms with E-state index in [0.717, 1.165) is 38.3 Å². The highest BCUT2D eigenvalue weighted by Crippen LogP contribution is 2.45. The third kappa shape index (κ3) is 2.87. The molecule has 0 spiro atoms. The molecule has 29 heavy (non-hydrogen) atoms. The summed E-state index contributed by atoms with van der Waals surface area (Å²) in [7, 11) is 0. The van der Waals surface area contributed by atoms with E-state index in [4.69, 9.17) is 0 Å². The van der Waals surface area contributed by atoms with Gasteiger partial charge in [0.2, 0.25) is 0 Å². The van der Waals surface area contributed by atoms with E-state index in [9.17, 15) is 20.0 Å². The molecule has 152 valence electrons. The molecule has 1 unspecified atom stereocenters. The number of carboxylic acid groups (broad SMARTS) is 1. The zero-order chi connectivity index (χ0) is 20.3. The Kier molecular flexibility index (Phi) is 4.24. The number of nitrogens with zero attached hydrogens (tertiary/aromatic N) is 3. The summed E-state index contributed by atoms with van der Waals surface area (Å²) in [6.45, 7) is 2.30. The summed E-state index contributed by atoms with van der Waals surface area (Å²) < 4.78 is 15.3. The zero-order valence-corrected chi connectivity index (χ0v) is 16.0. The minimum absolute atomic E-state index is 0.0306. The standard InChI is InChI=1S/C21H23FN4O3/c22-16-6-13-18(26(12-3-4-12)9-15(20(13)27)21(28)29)14(7-23)19(16)25-8-11-2-1-5-24-17(11)10-25/h6,11-12,15,17,24H,1-5,8-10H2,(H,28,29)/t11-,15?,17+/m0/s1. The normalized spacial score (nSPS) is 28.7. The zero-order valence-electron chi connectivity index (χ0n) is 16.0. The highest BCUT2D eigenvalue weighted by molar-refractivity contribution is 6.14. The lowest BCUT2D eigenvalue weighted by Crippen LogP contribution is -2.44. The summed E-state index contributed by atoms with van der Waals surface area (Å²) in [5.41, 5.74) is 0.886.